The first-order valence-electron chi connectivity index (χ1n) is 7.78. The summed E-state index contributed by atoms with van der Waals surface area (Å²) in [6, 6.07) is 0. The third-order valence-electron chi connectivity index (χ3n) is 3.59. The average Bonchev–Trinajstić information content (AvgIpc) is 2.40. The van der Waals surface area contributed by atoms with Crippen LogP contribution in [-0.4, -0.2) is 50.6 Å². The van der Waals surface area contributed by atoms with Crippen molar-refractivity contribution in [2.75, 3.05) is 26.4 Å². The second-order valence-corrected chi connectivity index (χ2v) is 5.49. The van der Waals surface area contributed by atoms with Crippen LogP contribution in [0.1, 0.15) is 44.9 Å². The van der Waals surface area contributed by atoms with E-state index in [9.17, 15) is 9.59 Å². The second-order valence-electron chi connectivity index (χ2n) is 5.49. The zero-order valence-corrected chi connectivity index (χ0v) is 12.4. The third kappa shape index (κ3) is 6.44. The van der Waals surface area contributed by atoms with Gasteiger partial charge in [-0.3, -0.25) is 9.59 Å². The quantitative estimate of drug-likeness (QED) is 0.403. The number of carbonyl (C=O) groups excluding carboxylic acids is 2. The van der Waals surface area contributed by atoms with Gasteiger partial charge in [0, 0.05) is 26.4 Å². The van der Waals surface area contributed by atoms with Crippen LogP contribution in [0.25, 0.3) is 0 Å². The fourth-order valence-corrected chi connectivity index (χ4v) is 2.34. The van der Waals surface area contributed by atoms with Crippen molar-refractivity contribution >= 4 is 11.9 Å². The molecule has 2 saturated heterocycles. The lowest BCUT2D eigenvalue weighted by atomic mass is 10.1. The van der Waals surface area contributed by atoms with E-state index >= 15 is 0 Å². The molecule has 0 aromatic rings. The minimum atomic E-state index is -0.0893. The second kappa shape index (κ2) is 9.00. The van der Waals surface area contributed by atoms with Crippen LogP contribution < -0.4 is 0 Å². The summed E-state index contributed by atoms with van der Waals surface area (Å²) in [5.74, 6) is -0.179. The van der Waals surface area contributed by atoms with Crippen molar-refractivity contribution in [1.29, 1.82) is 0 Å². The maximum absolute atomic E-state index is 10.6. The van der Waals surface area contributed by atoms with Crippen LogP contribution in [0.5, 0.6) is 0 Å². The van der Waals surface area contributed by atoms with Crippen LogP contribution in [0.2, 0.25) is 0 Å². The van der Waals surface area contributed by atoms with E-state index < -0.39 is 0 Å². The monoisotopic (exact) mass is 300 g/mol. The molecule has 6 nitrogen and oxygen atoms in total. The first kappa shape index (κ1) is 16.2. The fraction of sp³-hybridized carbons (Fsp3) is 0.867. The van der Waals surface area contributed by atoms with E-state index in [0.717, 1.165) is 32.1 Å². The first-order chi connectivity index (χ1) is 10.2. The van der Waals surface area contributed by atoms with E-state index in [-0.39, 0.29) is 24.1 Å². The van der Waals surface area contributed by atoms with Crippen LogP contribution in [0, 0.1) is 0 Å². The Morgan fingerprint density at radius 3 is 1.52 bits per heavy atom. The highest BCUT2D eigenvalue weighted by molar-refractivity contribution is 5.75. The maximum atomic E-state index is 10.6. The number of carbonyl (C=O) groups is 2. The zero-order valence-electron chi connectivity index (χ0n) is 12.4. The van der Waals surface area contributed by atoms with Crippen LogP contribution in [0.15, 0.2) is 0 Å². The molecule has 2 fully saturated rings. The van der Waals surface area contributed by atoms with Gasteiger partial charge in [0.05, 0.1) is 12.8 Å². The zero-order chi connectivity index (χ0) is 14.9. The van der Waals surface area contributed by atoms with Crippen molar-refractivity contribution in [1.82, 2.24) is 0 Å². The predicted molar refractivity (Wildman–Crippen MR) is 73.7 cm³/mol. The Labute approximate surface area is 125 Å². The Morgan fingerprint density at radius 1 is 0.762 bits per heavy atom. The molecule has 0 aliphatic carbocycles. The molecule has 21 heavy (non-hydrogen) atoms. The van der Waals surface area contributed by atoms with Gasteiger partial charge in [0.25, 0.3) is 0 Å². The summed E-state index contributed by atoms with van der Waals surface area (Å²) in [6.07, 6.45) is 5.91. The van der Waals surface area contributed by atoms with Gasteiger partial charge in [-0.2, -0.15) is 0 Å². The van der Waals surface area contributed by atoms with Gasteiger partial charge >= 0.3 is 11.9 Å². The molecule has 0 N–H and O–H groups in total. The lowest BCUT2D eigenvalue weighted by Gasteiger charge is -2.25. The van der Waals surface area contributed by atoms with Crippen molar-refractivity contribution in [3.8, 4) is 0 Å². The number of ether oxygens (including phenoxy) is 4. The molecule has 0 aromatic heterocycles. The van der Waals surface area contributed by atoms with Crippen LogP contribution >= 0.6 is 0 Å². The number of hydrogen-bond acceptors (Lipinski definition) is 6. The maximum Gasteiger partial charge on any atom is 0.309 e. The smallest absolute Gasteiger partial charge is 0.309 e. The predicted octanol–water partition coefficient (Wildman–Crippen LogP) is 1.60. The lowest BCUT2D eigenvalue weighted by Crippen LogP contribution is -2.32. The van der Waals surface area contributed by atoms with Crippen molar-refractivity contribution in [3.63, 3.8) is 0 Å². The Hall–Kier alpha value is -1.14. The Kier molecular flexibility index (Phi) is 6.95. The highest BCUT2D eigenvalue weighted by Gasteiger charge is 2.27. The normalized spacial score (nSPS) is 24.0. The molecule has 120 valence electrons. The Morgan fingerprint density at radius 2 is 1.14 bits per heavy atom. The molecule has 2 aliphatic rings. The fourth-order valence-electron chi connectivity index (χ4n) is 2.34. The van der Waals surface area contributed by atoms with Crippen LogP contribution in [0.4, 0.5) is 0 Å². The van der Waals surface area contributed by atoms with Gasteiger partial charge in [-0.15, -0.1) is 0 Å². The molecule has 2 unspecified atom stereocenters. The number of cyclic esters (lactones) is 2. The van der Waals surface area contributed by atoms with E-state index in [0.29, 0.717) is 39.3 Å². The van der Waals surface area contributed by atoms with Gasteiger partial charge in [0.2, 0.25) is 0 Å². The van der Waals surface area contributed by atoms with Crippen molar-refractivity contribution in [3.05, 3.63) is 0 Å². The molecule has 0 amide bonds. The number of rotatable bonds is 12. The van der Waals surface area contributed by atoms with Crippen molar-refractivity contribution in [2.45, 2.75) is 57.2 Å². The number of esters is 2. The van der Waals surface area contributed by atoms with E-state index in [1.165, 1.54) is 0 Å². The molecule has 0 bridgehead atoms. The largest absolute Gasteiger partial charge is 0.462 e. The van der Waals surface area contributed by atoms with Crippen molar-refractivity contribution in [2.24, 2.45) is 0 Å². The SMILES string of the molecule is O=C1CC(CCCOCCCOCCCC2CC(=O)O2)O1. The Bertz CT molecular complexity index is 295. The summed E-state index contributed by atoms with van der Waals surface area (Å²) >= 11 is 0. The molecule has 2 heterocycles. The summed E-state index contributed by atoms with van der Waals surface area (Å²) in [5.41, 5.74) is 0. The summed E-state index contributed by atoms with van der Waals surface area (Å²) in [4.78, 5) is 21.1. The highest BCUT2D eigenvalue weighted by atomic mass is 16.6. The molecular weight excluding hydrogens is 276 g/mol. The van der Waals surface area contributed by atoms with Gasteiger partial charge in [-0.05, 0) is 32.1 Å². The number of hydrogen-bond donors (Lipinski definition) is 0. The molecule has 0 saturated carbocycles. The van der Waals surface area contributed by atoms with Crippen LogP contribution in [0.3, 0.4) is 0 Å². The molecular formula is C15H24O6. The summed E-state index contributed by atoms with van der Waals surface area (Å²) in [7, 11) is 0. The van der Waals surface area contributed by atoms with Gasteiger partial charge in [-0.1, -0.05) is 0 Å². The lowest BCUT2D eigenvalue weighted by molar-refractivity contribution is -0.171. The summed E-state index contributed by atoms with van der Waals surface area (Å²) < 4.78 is 20.8. The van der Waals surface area contributed by atoms with E-state index in [4.69, 9.17) is 18.9 Å². The first-order valence-corrected chi connectivity index (χ1v) is 7.78. The third-order valence-corrected chi connectivity index (χ3v) is 3.59. The van der Waals surface area contributed by atoms with Gasteiger partial charge in [-0.25, -0.2) is 0 Å². The minimum absolute atomic E-state index is 0.0893. The molecule has 2 atom stereocenters. The van der Waals surface area contributed by atoms with E-state index in [1.807, 2.05) is 0 Å². The molecule has 0 spiro atoms. The molecule has 6 heteroatoms. The highest BCUT2D eigenvalue weighted by Crippen LogP contribution is 2.18. The summed E-state index contributed by atoms with van der Waals surface area (Å²) in [5, 5.41) is 0. The van der Waals surface area contributed by atoms with Crippen molar-refractivity contribution < 1.29 is 28.5 Å². The average molecular weight is 300 g/mol. The molecule has 0 radical (unpaired) electrons. The van der Waals surface area contributed by atoms with Crippen LogP contribution in [-0.2, 0) is 28.5 Å². The standard InChI is InChI=1S/C15H24O6/c16-14-10-12(20-14)4-1-6-18-8-3-9-19-7-2-5-13-11-15(17)21-13/h12-13H,1-11H2. The molecule has 2 aliphatic heterocycles. The molecule has 2 rings (SSSR count). The Balaban J connectivity index is 1.24. The van der Waals surface area contributed by atoms with Gasteiger partial charge in [0.15, 0.2) is 0 Å². The topological polar surface area (TPSA) is 71.1 Å². The summed E-state index contributed by atoms with van der Waals surface area (Å²) in [6.45, 7) is 2.82. The van der Waals surface area contributed by atoms with E-state index in [1.54, 1.807) is 0 Å². The van der Waals surface area contributed by atoms with E-state index in [2.05, 4.69) is 0 Å². The minimum Gasteiger partial charge on any atom is -0.462 e. The van der Waals surface area contributed by atoms with Gasteiger partial charge in [0.1, 0.15) is 12.2 Å². The molecule has 0 aromatic carbocycles. The van der Waals surface area contributed by atoms with Gasteiger partial charge < -0.3 is 18.9 Å².